The standard InChI is InChI=1S/C18H13NOS3/c20-18(16-10-12-4-1-2-5-14(12)23-16)19-17(13-7-9-21-11-13)15-6-3-8-22-15/h1-11,17H,(H,19,20)/t17-/m0/s1. The predicted octanol–water partition coefficient (Wildman–Crippen LogP) is 5.54. The van der Waals surface area contributed by atoms with Crippen LogP contribution in [0.1, 0.15) is 26.2 Å². The molecule has 4 aromatic rings. The van der Waals surface area contributed by atoms with Crippen LogP contribution in [-0.4, -0.2) is 5.91 Å². The number of rotatable bonds is 4. The number of carbonyl (C=O) groups is 1. The lowest BCUT2D eigenvalue weighted by atomic mass is 10.1. The number of carbonyl (C=O) groups excluding carboxylic acids is 1. The van der Waals surface area contributed by atoms with Crippen LogP contribution in [0.25, 0.3) is 10.1 Å². The first-order valence-electron chi connectivity index (χ1n) is 7.16. The van der Waals surface area contributed by atoms with Crippen molar-refractivity contribution in [3.05, 3.63) is 80.0 Å². The molecule has 0 unspecified atom stereocenters. The number of amides is 1. The van der Waals surface area contributed by atoms with Gasteiger partial charge in [0.1, 0.15) is 0 Å². The van der Waals surface area contributed by atoms with E-state index in [0.717, 1.165) is 25.4 Å². The lowest BCUT2D eigenvalue weighted by molar-refractivity contribution is 0.0947. The van der Waals surface area contributed by atoms with Gasteiger partial charge in [-0.2, -0.15) is 11.3 Å². The fraction of sp³-hybridized carbons (Fsp3) is 0.0556. The molecule has 2 nitrogen and oxygen atoms in total. The van der Waals surface area contributed by atoms with E-state index >= 15 is 0 Å². The van der Waals surface area contributed by atoms with E-state index in [1.165, 1.54) is 11.3 Å². The predicted molar refractivity (Wildman–Crippen MR) is 99.8 cm³/mol. The lowest BCUT2D eigenvalue weighted by Crippen LogP contribution is -2.27. The van der Waals surface area contributed by atoms with Crippen molar-refractivity contribution in [2.75, 3.05) is 0 Å². The quantitative estimate of drug-likeness (QED) is 0.511. The van der Waals surface area contributed by atoms with Crippen molar-refractivity contribution in [2.45, 2.75) is 6.04 Å². The van der Waals surface area contributed by atoms with Crippen molar-refractivity contribution in [1.82, 2.24) is 5.32 Å². The van der Waals surface area contributed by atoms with Gasteiger partial charge >= 0.3 is 0 Å². The summed E-state index contributed by atoms with van der Waals surface area (Å²) in [6.45, 7) is 0. The summed E-state index contributed by atoms with van der Waals surface area (Å²) in [6.07, 6.45) is 0. The normalized spacial score (nSPS) is 12.3. The summed E-state index contributed by atoms with van der Waals surface area (Å²) in [7, 11) is 0. The highest BCUT2D eigenvalue weighted by atomic mass is 32.1. The monoisotopic (exact) mass is 355 g/mol. The van der Waals surface area contributed by atoms with Crippen molar-refractivity contribution in [3.8, 4) is 0 Å². The molecule has 0 aliphatic carbocycles. The third kappa shape index (κ3) is 2.95. The van der Waals surface area contributed by atoms with Gasteiger partial charge in [0.05, 0.1) is 10.9 Å². The number of fused-ring (bicyclic) bond motifs is 1. The summed E-state index contributed by atoms with van der Waals surface area (Å²) in [5, 5.41) is 10.5. The smallest absolute Gasteiger partial charge is 0.262 e. The average Bonchev–Trinajstić information content (AvgIpc) is 3.33. The van der Waals surface area contributed by atoms with Crippen LogP contribution in [0.4, 0.5) is 0 Å². The Hall–Kier alpha value is -1.95. The number of thiophene rings is 3. The zero-order valence-electron chi connectivity index (χ0n) is 12.1. The van der Waals surface area contributed by atoms with Crippen LogP contribution in [0.15, 0.2) is 64.7 Å². The minimum Gasteiger partial charge on any atom is -0.340 e. The van der Waals surface area contributed by atoms with E-state index in [-0.39, 0.29) is 11.9 Å². The maximum absolute atomic E-state index is 12.7. The Bertz CT molecular complexity index is 855. The van der Waals surface area contributed by atoms with Crippen LogP contribution in [0, 0.1) is 0 Å². The zero-order valence-corrected chi connectivity index (χ0v) is 14.5. The second-order valence-corrected chi connectivity index (χ2v) is 7.97. The molecule has 0 aliphatic rings. The number of nitrogens with one attached hydrogen (secondary N) is 1. The van der Waals surface area contributed by atoms with Crippen LogP contribution in [0.2, 0.25) is 0 Å². The van der Waals surface area contributed by atoms with Crippen LogP contribution < -0.4 is 5.32 Å². The summed E-state index contributed by atoms with van der Waals surface area (Å²) in [5.41, 5.74) is 1.13. The molecular weight excluding hydrogens is 342 g/mol. The van der Waals surface area contributed by atoms with E-state index in [1.807, 2.05) is 47.2 Å². The van der Waals surface area contributed by atoms with E-state index in [0.29, 0.717) is 0 Å². The van der Waals surface area contributed by atoms with Crippen molar-refractivity contribution in [1.29, 1.82) is 0 Å². The Labute approximate surface area is 146 Å². The van der Waals surface area contributed by atoms with Gasteiger partial charge in [-0.3, -0.25) is 4.79 Å². The number of hydrogen-bond donors (Lipinski definition) is 1. The molecule has 0 spiro atoms. The van der Waals surface area contributed by atoms with Gasteiger partial charge in [0, 0.05) is 9.58 Å². The second-order valence-electron chi connectivity index (χ2n) is 5.13. The van der Waals surface area contributed by atoms with Gasteiger partial charge in [0.15, 0.2) is 0 Å². The number of benzene rings is 1. The Kier molecular flexibility index (Phi) is 3.99. The van der Waals surface area contributed by atoms with Crippen molar-refractivity contribution in [3.63, 3.8) is 0 Å². The molecule has 3 heterocycles. The highest BCUT2D eigenvalue weighted by Gasteiger charge is 2.20. The number of hydrogen-bond acceptors (Lipinski definition) is 4. The zero-order chi connectivity index (χ0) is 15.6. The molecule has 0 radical (unpaired) electrons. The van der Waals surface area contributed by atoms with Gasteiger partial charge in [-0.15, -0.1) is 22.7 Å². The van der Waals surface area contributed by atoms with Crippen molar-refractivity contribution < 1.29 is 4.79 Å². The third-order valence-electron chi connectivity index (χ3n) is 3.63. The summed E-state index contributed by atoms with van der Waals surface area (Å²) in [6, 6.07) is 16.1. The third-order valence-corrected chi connectivity index (χ3v) is 6.38. The van der Waals surface area contributed by atoms with Gasteiger partial charge in [0.2, 0.25) is 0 Å². The van der Waals surface area contributed by atoms with Crippen LogP contribution in [0.5, 0.6) is 0 Å². The fourth-order valence-corrected chi connectivity index (χ4v) is 4.96. The summed E-state index contributed by atoms with van der Waals surface area (Å²) >= 11 is 4.85. The molecule has 0 aliphatic heterocycles. The average molecular weight is 356 g/mol. The molecule has 1 atom stereocenters. The van der Waals surface area contributed by atoms with Crippen LogP contribution >= 0.6 is 34.0 Å². The van der Waals surface area contributed by atoms with Gasteiger partial charge in [-0.25, -0.2) is 0 Å². The van der Waals surface area contributed by atoms with Gasteiger partial charge in [-0.1, -0.05) is 24.3 Å². The largest absolute Gasteiger partial charge is 0.340 e. The lowest BCUT2D eigenvalue weighted by Gasteiger charge is -2.16. The minimum absolute atomic E-state index is 0.0178. The molecule has 1 N–H and O–H groups in total. The molecular formula is C18H13NOS3. The Morgan fingerprint density at radius 3 is 2.70 bits per heavy atom. The van der Waals surface area contributed by atoms with Crippen molar-refractivity contribution >= 4 is 50.0 Å². The molecule has 23 heavy (non-hydrogen) atoms. The molecule has 0 saturated heterocycles. The molecule has 114 valence electrons. The van der Waals surface area contributed by atoms with Crippen LogP contribution in [-0.2, 0) is 0 Å². The highest BCUT2D eigenvalue weighted by molar-refractivity contribution is 7.20. The molecule has 1 amide bonds. The van der Waals surface area contributed by atoms with Gasteiger partial charge < -0.3 is 5.32 Å². The molecule has 0 fully saturated rings. The maximum Gasteiger partial charge on any atom is 0.262 e. The van der Waals surface area contributed by atoms with E-state index < -0.39 is 0 Å². The molecule has 5 heteroatoms. The van der Waals surface area contributed by atoms with E-state index in [2.05, 4.69) is 22.8 Å². The fourth-order valence-electron chi connectivity index (χ4n) is 2.51. The summed E-state index contributed by atoms with van der Waals surface area (Å²) in [5.74, 6) is -0.0178. The second kappa shape index (κ2) is 6.28. The van der Waals surface area contributed by atoms with Gasteiger partial charge in [-0.05, 0) is 51.4 Å². The topological polar surface area (TPSA) is 29.1 Å². The first-order valence-corrected chi connectivity index (χ1v) is 9.80. The SMILES string of the molecule is O=C(N[C@@H](c1ccsc1)c1cccs1)c1cc2ccccc2s1. The van der Waals surface area contributed by atoms with Gasteiger partial charge in [0.25, 0.3) is 5.91 Å². The maximum atomic E-state index is 12.7. The first-order chi connectivity index (χ1) is 11.3. The van der Waals surface area contributed by atoms with E-state index in [9.17, 15) is 4.79 Å². The van der Waals surface area contributed by atoms with Crippen LogP contribution in [0.3, 0.4) is 0 Å². The highest BCUT2D eigenvalue weighted by Crippen LogP contribution is 2.30. The molecule has 0 bridgehead atoms. The molecule has 1 aromatic carbocycles. The molecule has 0 saturated carbocycles. The minimum atomic E-state index is -0.0843. The summed E-state index contributed by atoms with van der Waals surface area (Å²) < 4.78 is 1.14. The summed E-state index contributed by atoms with van der Waals surface area (Å²) in [4.78, 5) is 14.6. The Morgan fingerprint density at radius 1 is 1.04 bits per heavy atom. The molecule has 3 aromatic heterocycles. The Morgan fingerprint density at radius 2 is 1.96 bits per heavy atom. The Balaban J connectivity index is 1.65. The van der Waals surface area contributed by atoms with E-state index in [4.69, 9.17) is 0 Å². The first kappa shape index (κ1) is 14.6. The van der Waals surface area contributed by atoms with Crippen molar-refractivity contribution in [2.24, 2.45) is 0 Å². The van der Waals surface area contributed by atoms with E-state index in [1.54, 1.807) is 22.7 Å². The molecule has 4 rings (SSSR count).